The van der Waals surface area contributed by atoms with E-state index in [0.717, 1.165) is 29.3 Å². The SMILES string of the molecule is COCCCn1c(C)cc(C(=O)COC(=O)c2ccc3c(c2)C(=O)N(C)C3=O)c1C. The second-order valence-electron chi connectivity index (χ2n) is 7.21. The number of hydrogen-bond donors (Lipinski definition) is 0. The number of carbonyl (C=O) groups is 4. The second kappa shape index (κ2) is 8.62. The van der Waals surface area contributed by atoms with Gasteiger partial charge in [0.1, 0.15) is 0 Å². The van der Waals surface area contributed by atoms with Gasteiger partial charge in [0.25, 0.3) is 11.8 Å². The molecule has 0 saturated heterocycles. The molecule has 30 heavy (non-hydrogen) atoms. The van der Waals surface area contributed by atoms with Crippen molar-refractivity contribution in [3.8, 4) is 0 Å². The lowest BCUT2D eigenvalue weighted by atomic mass is 10.1. The van der Waals surface area contributed by atoms with Crippen molar-refractivity contribution < 1.29 is 28.7 Å². The van der Waals surface area contributed by atoms with Gasteiger partial charge in [-0.2, -0.15) is 0 Å². The van der Waals surface area contributed by atoms with Crippen LogP contribution in [0.15, 0.2) is 24.3 Å². The van der Waals surface area contributed by atoms with Crippen LogP contribution in [0.25, 0.3) is 0 Å². The minimum absolute atomic E-state index is 0.114. The second-order valence-corrected chi connectivity index (χ2v) is 7.21. The number of ketones is 1. The molecule has 0 aliphatic carbocycles. The molecule has 2 heterocycles. The molecule has 0 spiro atoms. The van der Waals surface area contributed by atoms with Crippen LogP contribution in [0.3, 0.4) is 0 Å². The van der Waals surface area contributed by atoms with Gasteiger partial charge in [-0.15, -0.1) is 0 Å². The molecule has 0 bridgehead atoms. The number of ether oxygens (including phenoxy) is 2. The van der Waals surface area contributed by atoms with E-state index in [9.17, 15) is 19.2 Å². The van der Waals surface area contributed by atoms with Crippen molar-refractivity contribution in [1.82, 2.24) is 9.47 Å². The number of imide groups is 1. The Labute approximate surface area is 174 Å². The molecule has 1 aromatic heterocycles. The van der Waals surface area contributed by atoms with E-state index in [1.165, 1.54) is 25.2 Å². The van der Waals surface area contributed by atoms with Crippen molar-refractivity contribution in [2.75, 3.05) is 27.4 Å². The molecule has 0 fully saturated rings. The monoisotopic (exact) mass is 412 g/mol. The zero-order chi connectivity index (χ0) is 22.0. The Bertz CT molecular complexity index is 1040. The predicted molar refractivity (Wildman–Crippen MR) is 108 cm³/mol. The van der Waals surface area contributed by atoms with Gasteiger partial charge in [0, 0.05) is 44.3 Å². The van der Waals surface area contributed by atoms with Gasteiger partial charge in [0.05, 0.1) is 16.7 Å². The summed E-state index contributed by atoms with van der Waals surface area (Å²) in [6.07, 6.45) is 0.824. The van der Waals surface area contributed by atoms with Crippen LogP contribution in [-0.2, 0) is 16.0 Å². The van der Waals surface area contributed by atoms with E-state index in [0.29, 0.717) is 12.2 Å². The number of aromatic nitrogens is 1. The van der Waals surface area contributed by atoms with Crippen LogP contribution in [0.4, 0.5) is 0 Å². The number of amides is 2. The first-order valence-corrected chi connectivity index (χ1v) is 9.58. The summed E-state index contributed by atoms with van der Waals surface area (Å²) in [5, 5.41) is 0. The first kappa shape index (κ1) is 21.4. The molecule has 1 aromatic carbocycles. The van der Waals surface area contributed by atoms with Crippen LogP contribution in [0, 0.1) is 13.8 Å². The summed E-state index contributed by atoms with van der Waals surface area (Å²) in [5.41, 5.74) is 2.79. The Morgan fingerprint density at radius 3 is 2.43 bits per heavy atom. The van der Waals surface area contributed by atoms with Gasteiger partial charge in [-0.1, -0.05) is 0 Å². The molecule has 158 valence electrons. The van der Waals surface area contributed by atoms with Gasteiger partial charge in [0.2, 0.25) is 5.78 Å². The number of rotatable bonds is 8. The number of esters is 1. The van der Waals surface area contributed by atoms with Crippen LogP contribution < -0.4 is 0 Å². The number of methoxy groups -OCH3 is 1. The first-order valence-electron chi connectivity index (χ1n) is 9.58. The number of carbonyl (C=O) groups excluding carboxylic acids is 4. The quantitative estimate of drug-likeness (QED) is 0.286. The smallest absolute Gasteiger partial charge is 0.338 e. The Hall–Kier alpha value is -3.26. The van der Waals surface area contributed by atoms with Crippen molar-refractivity contribution >= 4 is 23.6 Å². The fourth-order valence-electron chi connectivity index (χ4n) is 3.57. The highest BCUT2D eigenvalue weighted by atomic mass is 16.5. The van der Waals surface area contributed by atoms with Gasteiger partial charge in [-0.3, -0.25) is 19.3 Å². The predicted octanol–water partition coefficient (Wildman–Crippen LogP) is 2.41. The molecule has 0 radical (unpaired) electrons. The number of benzene rings is 1. The average Bonchev–Trinajstić information content (AvgIpc) is 3.14. The van der Waals surface area contributed by atoms with Crippen molar-refractivity contribution in [2.24, 2.45) is 0 Å². The molecule has 0 saturated carbocycles. The molecule has 0 atom stereocenters. The molecule has 1 aliphatic heterocycles. The van der Waals surface area contributed by atoms with E-state index in [-0.39, 0.29) is 22.5 Å². The zero-order valence-corrected chi connectivity index (χ0v) is 17.5. The van der Waals surface area contributed by atoms with Gasteiger partial charge >= 0.3 is 5.97 Å². The third-order valence-corrected chi connectivity index (χ3v) is 5.26. The maximum atomic E-state index is 12.6. The number of nitrogens with zero attached hydrogens (tertiary/aromatic N) is 2. The van der Waals surface area contributed by atoms with E-state index in [4.69, 9.17) is 9.47 Å². The van der Waals surface area contributed by atoms with Crippen molar-refractivity contribution in [3.05, 3.63) is 57.9 Å². The highest BCUT2D eigenvalue weighted by Gasteiger charge is 2.33. The highest BCUT2D eigenvalue weighted by Crippen LogP contribution is 2.23. The van der Waals surface area contributed by atoms with Crippen LogP contribution >= 0.6 is 0 Å². The van der Waals surface area contributed by atoms with E-state index in [2.05, 4.69) is 0 Å². The zero-order valence-electron chi connectivity index (χ0n) is 17.5. The summed E-state index contributed by atoms with van der Waals surface area (Å²) in [4.78, 5) is 50.0. The molecule has 2 amide bonds. The third-order valence-electron chi connectivity index (χ3n) is 5.26. The van der Waals surface area contributed by atoms with E-state index in [1.807, 2.05) is 18.4 Å². The summed E-state index contributed by atoms with van der Waals surface area (Å²) in [6, 6.07) is 5.95. The Morgan fingerprint density at radius 2 is 1.73 bits per heavy atom. The number of hydrogen-bond acceptors (Lipinski definition) is 6. The average molecular weight is 412 g/mol. The number of fused-ring (bicyclic) bond motifs is 1. The minimum Gasteiger partial charge on any atom is -0.454 e. The largest absolute Gasteiger partial charge is 0.454 e. The van der Waals surface area contributed by atoms with Gasteiger partial charge in [-0.05, 0) is 44.5 Å². The topological polar surface area (TPSA) is 94.9 Å². The Balaban J connectivity index is 1.67. The van der Waals surface area contributed by atoms with Crippen LogP contribution in [-0.4, -0.2) is 60.4 Å². The lowest BCUT2D eigenvalue weighted by molar-refractivity contribution is 0.0474. The van der Waals surface area contributed by atoms with Gasteiger partial charge in [-0.25, -0.2) is 4.79 Å². The highest BCUT2D eigenvalue weighted by molar-refractivity contribution is 6.21. The maximum absolute atomic E-state index is 12.6. The summed E-state index contributed by atoms with van der Waals surface area (Å²) >= 11 is 0. The van der Waals surface area contributed by atoms with E-state index >= 15 is 0 Å². The summed E-state index contributed by atoms with van der Waals surface area (Å²) in [7, 11) is 3.03. The normalized spacial score (nSPS) is 13.0. The lowest BCUT2D eigenvalue weighted by Crippen LogP contribution is -2.24. The maximum Gasteiger partial charge on any atom is 0.338 e. The third kappa shape index (κ3) is 3.91. The number of Topliss-reactive ketones (excluding diaryl/α,β-unsaturated/α-hetero) is 1. The van der Waals surface area contributed by atoms with Crippen molar-refractivity contribution in [1.29, 1.82) is 0 Å². The first-order chi connectivity index (χ1) is 14.3. The standard InChI is InChI=1S/C22H24N2O6/c1-13-10-17(14(2)24(13)8-5-9-29-4)19(25)12-30-22(28)15-6-7-16-18(11-15)21(27)23(3)20(16)26/h6-7,10-11H,5,8-9,12H2,1-4H3. The molecule has 0 unspecified atom stereocenters. The molecule has 1 aliphatic rings. The Kier molecular flexibility index (Phi) is 6.17. The lowest BCUT2D eigenvalue weighted by Gasteiger charge is -2.09. The molecule has 8 nitrogen and oxygen atoms in total. The fourth-order valence-corrected chi connectivity index (χ4v) is 3.57. The molecule has 2 aromatic rings. The summed E-state index contributed by atoms with van der Waals surface area (Å²) in [6.45, 7) is 4.72. The molecular formula is C22H24N2O6. The Morgan fingerprint density at radius 1 is 1.03 bits per heavy atom. The van der Waals surface area contributed by atoms with E-state index in [1.54, 1.807) is 13.2 Å². The molecular weight excluding hydrogens is 388 g/mol. The van der Waals surface area contributed by atoms with Crippen LogP contribution in [0.1, 0.15) is 59.2 Å². The van der Waals surface area contributed by atoms with Crippen LogP contribution in [0.2, 0.25) is 0 Å². The molecule has 0 N–H and O–H groups in total. The molecule has 8 heteroatoms. The fraction of sp³-hybridized carbons (Fsp3) is 0.364. The minimum atomic E-state index is -0.727. The summed E-state index contributed by atoms with van der Waals surface area (Å²) < 4.78 is 12.3. The van der Waals surface area contributed by atoms with Crippen molar-refractivity contribution in [2.45, 2.75) is 26.8 Å². The van der Waals surface area contributed by atoms with Gasteiger partial charge < -0.3 is 14.0 Å². The number of aryl methyl sites for hydroxylation is 1. The molecule has 3 rings (SSSR count). The summed E-state index contributed by atoms with van der Waals surface area (Å²) in [5.74, 6) is -1.91. The van der Waals surface area contributed by atoms with Crippen molar-refractivity contribution in [3.63, 3.8) is 0 Å². The van der Waals surface area contributed by atoms with E-state index < -0.39 is 24.4 Å². The van der Waals surface area contributed by atoms with Gasteiger partial charge in [0.15, 0.2) is 6.61 Å². The van der Waals surface area contributed by atoms with Crippen LogP contribution in [0.5, 0.6) is 0 Å².